The van der Waals surface area contributed by atoms with Crippen LogP contribution in [0.1, 0.15) is 0 Å². The molecule has 8 aromatic rings. The Balaban J connectivity index is 1.26. The Hall–Kier alpha value is -5.93. The van der Waals surface area contributed by atoms with Crippen LogP contribution in [0.2, 0.25) is 0 Å². The van der Waals surface area contributed by atoms with E-state index in [1.807, 2.05) is 36.5 Å². The Morgan fingerprint density at radius 2 is 0.909 bits per heavy atom. The molecule has 0 saturated heterocycles. The second kappa shape index (κ2) is 11.0. The third-order valence-electron chi connectivity index (χ3n) is 8.17. The van der Waals surface area contributed by atoms with Gasteiger partial charge >= 0.3 is 0 Å². The molecule has 0 bridgehead atoms. The monoisotopic (exact) mass is 564 g/mol. The van der Waals surface area contributed by atoms with E-state index in [-0.39, 0.29) is 0 Å². The predicted molar refractivity (Wildman–Crippen MR) is 183 cm³/mol. The first-order valence-electron chi connectivity index (χ1n) is 14.8. The molecule has 0 radical (unpaired) electrons. The Morgan fingerprint density at radius 1 is 0.409 bits per heavy atom. The van der Waals surface area contributed by atoms with Crippen molar-refractivity contribution in [3.63, 3.8) is 0 Å². The maximum absolute atomic E-state index is 6.45. The lowest BCUT2D eigenvalue weighted by molar-refractivity contribution is 0.667. The lowest BCUT2D eigenvalue weighted by Crippen LogP contribution is -2.11. The van der Waals surface area contributed by atoms with Gasteiger partial charge in [-0.15, -0.1) is 0 Å². The number of nitrogens with zero attached hydrogens (tertiary/aromatic N) is 2. The van der Waals surface area contributed by atoms with Gasteiger partial charge in [0.2, 0.25) is 0 Å². The summed E-state index contributed by atoms with van der Waals surface area (Å²) in [6, 6.07) is 57.1. The number of fused-ring (bicyclic) bond motifs is 3. The van der Waals surface area contributed by atoms with Gasteiger partial charge in [-0.2, -0.15) is 0 Å². The molecule has 0 atom stereocenters. The van der Waals surface area contributed by atoms with Crippen LogP contribution in [0.5, 0.6) is 0 Å². The highest BCUT2D eigenvalue weighted by Crippen LogP contribution is 2.42. The quantitative estimate of drug-likeness (QED) is 0.201. The summed E-state index contributed by atoms with van der Waals surface area (Å²) in [5.74, 6) is 0.753. The number of hydrogen-bond acceptors (Lipinski definition) is 3. The van der Waals surface area contributed by atoms with Gasteiger partial charge in [-0.3, -0.25) is 4.90 Å². The molecule has 2 aromatic heterocycles. The van der Waals surface area contributed by atoms with Gasteiger partial charge in [-0.1, -0.05) is 127 Å². The average Bonchev–Trinajstić information content (AvgIpc) is 3.49. The molecule has 0 unspecified atom stereocenters. The van der Waals surface area contributed by atoms with Crippen LogP contribution in [0.15, 0.2) is 174 Å². The largest absolute Gasteiger partial charge is 0.452 e. The molecular formula is C41H28N2O. The number of para-hydroxylation sites is 1. The van der Waals surface area contributed by atoms with Gasteiger partial charge in [0.1, 0.15) is 5.58 Å². The number of pyridine rings is 1. The van der Waals surface area contributed by atoms with Crippen molar-refractivity contribution in [3.8, 4) is 33.4 Å². The molecule has 8 rings (SSSR count). The molecule has 0 fully saturated rings. The van der Waals surface area contributed by atoms with Gasteiger partial charge in [0.05, 0.1) is 0 Å². The Labute approximate surface area is 256 Å². The smallest absolute Gasteiger partial charge is 0.181 e. The predicted octanol–water partition coefficient (Wildman–Crippen LogP) is 11.5. The van der Waals surface area contributed by atoms with E-state index in [1.165, 1.54) is 22.3 Å². The van der Waals surface area contributed by atoms with Crippen molar-refractivity contribution >= 4 is 39.1 Å². The molecule has 208 valence electrons. The molecule has 3 heteroatoms. The van der Waals surface area contributed by atoms with E-state index in [0.717, 1.165) is 50.3 Å². The first kappa shape index (κ1) is 25.8. The van der Waals surface area contributed by atoms with Gasteiger partial charge in [0, 0.05) is 28.3 Å². The number of hydrogen-bond donors (Lipinski definition) is 0. The molecule has 0 spiro atoms. The van der Waals surface area contributed by atoms with Crippen LogP contribution >= 0.6 is 0 Å². The lowest BCUT2D eigenvalue weighted by atomic mass is 9.94. The SMILES string of the molecule is c1ccc(-c2ccc(N(c3ccc(-c4ccccc4-c4ccccc4)cc3)c3nccc4c3oc3ccccc34)cc2)cc1. The van der Waals surface area contributed by atoms with Crippen LogP contribution in [0.25, 0.3) is 55.3 Å². The summed E-state index contributed by atoms with van der Waals surface area (Å²) in [4.78, 5) is 7.09. The fraction of sp³-hybridized carbons (Fsp3) is 0. The Bertz CT molecular complexity index is 2200. The summed E-state index contributed by atoms with van der Waals surface area (Å²) in [5.41, 5.74) is 10.7. The summed E-state index contributed by atoms with van der Waals surface area (Å²) in [5, 5.41) is 2.13. The molecule has 6 aromatic carbocycles. The fourth-order valence-electron chi connectivity index (χ4n) is 6.02. The van der Waals surface area contributed by atoms with E-state index in [9.17, 15) is 0 Å². The van der Waals surface area contributed by atoms with Crippen molar-refractivity contribution in [1.29, 1.82) is 0 Å². The molecule has 0 amide bonds. The topological polar surface area (TPSA) is 29.3 Å². The molecule has 0 aliphatic rings. The second-order valence-corrected chi connectivity index (χ2v) is 10.8. The summed E-state index contributed by atoms with van der Waals surface area (Å²) < 4.78 is 6.45. The zero-order valence-corrected chi connectivity index (χ0v) is 24.0. The van der Waals surface area contributed by atoms with Gasteiger partial charge in [0.25, 0.3) is 0 Å². The molecular weight excluding hydrogens is 536 g/mol. The van der Waals surface area contributed by atoms with Gasteiger partial charge in [-0.25, -0.2) is 4.98 Å². The molecule has 2 heterocycles. The van der Waals surface area contributed by atoms with E-state index >= 15 is 0 Å². The third kappa shape index (κ3) is 4.61. The number of benzene rings is 6. The van der Waals surface area contributed by atoms with Crippen LogP contribution < -0.4 is 4.90 Å². The highest BCUT2D eigenvalue weighted by molar-refractivity contribution is 6.09. The van der Waals surface area contributed by atoms with Gasteiger partial charge < -0.3 is 4.42 Å². The minimum absolute atomic E-state index is 0.753. The normalized spacial score (nSPS) is 11.2. The molecule has 0 saturated carbocycles. The van der Waals surface area contributed by atoms with Crippen LogP contribution in [-0.2, 0) is 0 Å². The molecule has 0 N–H and O–H groups in total. The van der Waals surface area contributed by atoms with Crippen molar-refractivity contribution in [2.75, 3.05) is 4.90 Å². The molecule has 44 heavy (non-hydrogen) atoms. The number of furan rings is 1. The van der Waals surface area contributed by atoms with Crippen molar-refractivity contribution in [1.82, 2.24) is 4.98 Å². The van der Waals surface area contributed by atoms with Crippen molar-refractivity contribution in [3.05, 3.63) is 170 Å². The van der Waals surface area contributed by atoms with Crippen LogP contribution in [0, 0.1) is 0 Å². The van der Waals surface area contributed by atoms with Crippen molar-refractivity contribution in [2.24, 2.45) is 0 Å². The maximum Gasteiger partial charge on any atom is 0.181 e. The van der Waals surface area contributed by atoms with E-state index in [2.05, 4.69) is 138 Å². The van der Waals surface area contributed by atoms with Crippen LogP contribution in [-0.4, -0.2) is 4.98 Å². The molecule has 3 nitrogen and oxygen atoms in total. The Kier molecular flexibility index (Phi) is 6.47. The van der Waals surface area contributed by atoms with Gasteiger partial charge in [0.15, 0.2) is 11.4 Å². The second-order valence-electron chi connectivity index (χ2n) is 10.8. The molecule has 0 aliphatic carbocycles. The summed E-state index contributed by atoms with van der Waals surface area (Å²) >= 11 is 0. The first-order chi connectivity index (χ1) is 21.8. The zero-order chi connectivity index (χ0) is 29.3. The van der Waals surface area contributed by atoms with E-state index < -0.39 is 0 Å². The summed E-state index contributed by atoms with van der Waals surface area (Å²) in [6.45, 7) is 0. The van der Waals surface area contributed by atoms with Crippen LogP contribution in [0.4, 0.5) is 17.2 Å². The standard InChI is InChI=1S/C41H28N2O/c1-3-11-29(12-4-1)30-19-23-33(24-20-30)43(41-40-38(27-28-42-41)37-17-9-10-18-39(37)44-40)34-25-21-32(22-26-34)36-16-8-7-15-35(36)31-13-5-2-6-14-31/h1-28H. The lowest BCUT2D eigenvalue weighted by Gasteiger charge is -2.25. The van der Waals surface area contributed by atoms with Crippen molar-refractivity contribution < 1.29 is 4.42 Å². The minimum atomic E-state index is 0.753. The molecule has 0 aliphatic heterocycles. The van der Waals surface area contributed by atoms with E-state index in [4.69, 9.17) is 9.40 Å². The Morgan fingerprint density at radius 3 is 1.57 bits per heavy atom. The first-order valence-corrected chi connectivity index (χ1v) is 14.8. The average molecular weight is 565 g/mol. The summed E-state index contributed by atoms with van der Waals surface area (Å²) in [6.07, 6.45) is 1.87. The zero-order valence-electron chi connectivity index (χ0n) is 24.0. The summed E-state index contributed by atoms with van der Waals surface area (Å²) in [7, 11) is 0. The van der Waals surface area contributed by atoms with Crippen molar-refractivity contribution in [2.45, 2.75) is 0 Å². The number of aromatic nitrogens is 1. The van der Waals surface area contributed by atoms with Crippen LogP contribution in [0.3, 0.4) is 0 Å². The maximum atomic E-state index is 6.45. The highest BCUT2D eigenvalue weighted by atomic mass is 16.3. The third-order valence-corrected chi connectivity index (χ3v) is 8.17. The highest BCUT2D eigenvalue weighted by Gasteiger charge is 2.21. The number of anilines is 3. The number of rotatable bonds is 6. The fourth-order valence-corrected chi connectivity index (χ4v) is 6.02. The van der Waals surface area contributed by atoms with E-state index in [0.29, 0.717) is 0 Å². The van der Waals surface area contributed by atoms with E-state index in [1.54, 1.807) is 0 Å². The minimum Gasteiger partial charge on any atom is -0.452 e. The van der Waals surface area contributed by atoms with Gasteiger partial charge in [-0.05, 0) is 69.8 Å².